The van der Waals surface area contributed by atoms with Crippen LogP contribution in [0.4, 0.5) is 34.1 Å². The van der Waals surface area contributed by atoms with Crippen molar-refractivity contribution in [2.24, 2.45) is 0 Å². The third-order valence-corrected chi connectivity index (χ3v) is 18.2. The molecule has 1 aliphatic carbocycles. The van der Waals surface area contributed by atoms with Crippen molar-refractivity contribution in [3.63, 3.8) is 0 Å². The van der Waals surface area contributed by atoms with Gasteiger partial charge >= 0.3 is 0 Å². The van der Waals surface area contributed by atoms with E-state index in [0.717, 1.165) is 67.4 Å². The zero-order valence-corrected chi connectivity index (χ0v) is 47.0. The maximum atomic E-state index is 5.34. The van der Waals surface area contributed by atoms with E-state index in [-0.39, 0.29) is 12.1 Å². The van der Waals surface area contributed by atoms with Crippen LogP contribution in [0.2, 0.25) is 0 Å². The molecular weight excluding hydrogens is 1030 g/mol. The van der Waals surface area contributed by atoms with Crippen LogP contribution in [0.5, 0.6) is 0 Å². The molecule has 17 rings (SSSR count). The van der Waals surface area contributed by atoms with E-state index in [2.05, 4.69) is 313 Å². The number of fused-ring (bicyclic) bond motifs is 10. The quantitative estimate of drug-likeness (QED) is 0.142. The lowest BCUT2D eigenvalue weighted by molar-refractivity contribution is 0.661. The number of hydrogen-bond donors (Lipinski definition) is 0. The van der Waals surface area contributed by atoms with Gasteiger partial charge in [-0.3, -0.25) is 0 Å². The Balaban J connectivity index is 0.799. The van der Waals surface area contributed by atoms with Gasteiger partial charge < -0.3 is 14.4 Å². The van der Waals surface area contributed by atoms with Crippen LogP contribution < -0.4 is 26.2 Å². The lowest BCUT2D eigenvalue weighted by atomic mass is 9.33. The van der Waals surface area contributed by atoms with Crippen molar-refractivity contribution in [1.29, 1.82) is 0 Å². The van der Waals surface area contributed by atoms with E-state index in [1.165, 1.54) is 83.2 Å². The van der Waals surface area contributed by atoms with Crippen LogP contribution in [-0.4, -0.2) is 21.2 Å². The minimum absolute atomic E-state index is 0.0916. The summed E-state index contributed by atoms with van der Waals surface area (Å²) in [5, 5.41) is 2.47. The first kappa shape index (κ1) is 48.9. The van der Waals surface area contributed by atoms with E-state index >= 15 is 0 Å². The van der Waals surface area contributed by atoms with E-state index in [9.17, 15) is 0 Å². The van der Waals surface area contributed by atoms with Crippen molar-refractivity contribution in [3.05, 3.63) is 302 Å². The van der Waals surface area contributed by atoms with E-state index in [0.29, 0.717) is 5.82 Å². The van der Waals surface area contributed by atoms with Gasteiger partial charge in [0, 0.05) is 72.6 Å². The molecule has 0 atom stereocenters. The lowest BCUT2D eigenvalue weighted by Gasteiger charge is -2.44. The first-order valence-corrected chi connectivity index (χ1v) is 29.4. The fourth-order valence-electron chi connectivity index (χ4n) is 14.2. The van der Waals surface area contributed by atoms with E-state index in [4.69, 9.17) is 9.97 Å². The average Bonchev–Trinajstić information content (AvgIpc) is 2.56. The molecule has 0 radical (unpaired) electrons. The van der Waals surface area contributed by atoms with Crippen LogP contribution in [0.1, 0.15) is 25.0 Å². The van der Waals surface area contributed by atoms with Crippen molar-refractivity contribution < 1.29 is 0 Å². The molecule has 2 aliphatic heterocycles. The Morgan fingerprint density at radius 2 is 0.847 bits per heavy atom. The van der Waals surface area contributed by atoms with Gasteiger partial charge in [0.15, 0.2) is 5.82 Å². The molecule has 0 unspecified atom stereocenters. The Hall–Kier alpha value is -10.8. The fraction of sp³-hybridized carbons (Fsp3) is 0.0380. The van der Waals surface area contributed by atoms with Gasteiger partial charge in [-0.15, -0.1) is 0 Å². The van der Waals surface area contributed by atoms with Crippen LogP contribution >= 0.6 is 0 Å². The second-order valence-corrected chi connectivity index (χ2v) is 23.3. The highest BCUT2D eigenvalue weighted by atomic mass is 15.2. The first-order valence-electron chi connectivity index (χ1n) is 29.4. The molecular formula is C79H54BN5. The van der Waals surface area contributed by atoms with Crippen LogP contribution in [0.3, 0.4) is 0 Å². The third kappa shape index (κ3) is 7.65. The molecule has 0 N–H and O–H groups in total. The smallest absolute Gasteiger partial charge is 0.252 e. The Labute approximate surface area is 495 Å². The maximum absolute atomic E-state index is 5.34. The molecule has 0 saturated carbocycles. The fourth-order valence-corrected chi connectivity index (χ4v) is 14.2. The zero-order valence-electron chi connectivity index (χ0n) is 47.0. The Kier molecular flexibility index (Phi) is 11.0. The van der Waals surface area contributed by atoms with Gasteiger partial charge in [0.1, 0.15) is 0 Å². The summed E-state index contributed by atoms with van der Waals surface area (Å²) in [7, 11) is 0. The summed E-state index contributed by atoms with van der Waals surface area (Å²) >= 11 is 0. The summed E-state index contributed by atoms with van der Waals surface area (Å²) in [5.74, 6) is 0.690. The average molecular weight is 1080 g/mol. The molecule has 4 heterocycles. The number of nitrogens with zero attached hydrogens (tertiary/aromatic N) is 5. The second-order valence-electron chi connectivity index (χ2n) is 23.3. The monoisotopic (exact) mass is 1080 g/mol. The number of anilines is 6. The molecule has 0 saturated heterocycles. The predicted molar refractivity (Wildman–Crippen MR) is 355 cm³/mol. The molecule has 2 aromatic heterocycles. The molecule has 6 heteroatoms. The molecule has 398 valence electrons. The summed E-state index contributed by atoms with van der Waals surface area (Å²) in [5.41, 5.74) is 28.9. The molecule has 14 aromatic rings. The predicted octanol–water partition coefficient (Wildman–Crippen LogP) is 18.3. The summed E-state index contributed by atoms with van der Waals surface area (Å²) in [6.07, 6.45) is 0. The largest absolute Gasteiger partial charge is 0.311 e. The third-order valence-electron chi connectivity index (χ3n) is 18.2. The Morgan fingerprint density at radius 1 is 0.318 bits per heavy atom. The van der Waals surface area contributed by atoms with Crippen LogP contribution in [-0.2, 0) is 5.41 Å². The van der Waals surface area contributed by atoms with E-state index in [1.54, 1.807) is 0 Å². The topological polar surface area (TPSA) is 37.2 Å². The van der Waals surface area contributed by atoms with Gasteiger partial charge in [-0.05, 0) is 140 Å². The summed E-state index contributed by atoms with van der Waals surface area (Å²) in [4.78, 5) is 15.4. The molecule has 0 spiro atoms. The number of para-hydroxylation sites is 4. The van der Waals surface area contributed by atoms with Gasteiger partial charge in [-0.2, -0.15) is 0 Å². The zero-order chi connectivity index (χ0) is 56.3. The van der Waals surface area contributed by atoms with Crippen molar-refractivity contribution in [3.8, 4) is 73.0 Å². The lowest BCUT2D eigenvalue weighted by Crippen LogP contribution is -2.61. The van der Waals surface area contributed by atoms with E-state index < -0.39 is 0 Å². The standard InChI is InChI=1S/C79H54BN5/c1-79(2)64-29-14-12-27-59(64)62-48-63-60-28-13-17-32-70(60)85(76(63)49-65(62)79)71-46-43-56(69-50-68(54-21-6-3-7-22-54)81-78(82-69)55-23-8-4-9-24-55)47-61(71)53-39-37-51(38-40-53)52-41-44-58(45-42-52)84-73-34-19-16-31-67(73)80-66-30-15-18-33-72(66)83(57-25-10-5-11-26-57)74-35-20-36-75(84)77(74)80/h3-50H,1-2H3. The summed E-state index contributed by atoms with van der Waals surface area (Å²) in [6, 6.07) is 106. The summed E-state index contributed by atoms with van der Waals surface area (Å²) < 4.78 is 2.50. The van der Waals surface area contributed by atoms with Crippen molar-refractivity contribution in [2.75, 3.05) is 9.80 Å². The van der Waals surface area contributed by atoms with E-state index in [1.807, 2.05) is 6.07 Å². The molecule has 3 aliphatic rings. The minimum atomic E-state index is -0.165. The van der Waals surface area contributed by atoms with Gasteiger partial charge in [0.25, 0.3) is 6.71 Å². The first-order chi connectivity index (χ1) is 41.9. The highest BCUT2D eigenvalue weighted by molar-refractivity contribution is 7.00. The highest BCUT2D eigenvalue weighted by Gasteiger charge is 2.43. The molecule has 0 bridgehead atoms. The van der Waals surface area contributed by atoms with Gasteiger partial charge in [-0.1, -0.05) is 220 Å². The SMILES string of the molecule is CC1(C)c2ccccc2-c2cc3c4ccccc4n(-c4ccc(-c5cc(-c6ccccc6)nc(-c6ccccc6)n5)cc4-c4ccc(-c5ccc(N6c7ccccc7B7c8ccccc8N(c8ccccc8)c8cccc6c87)cc5)cc4)c3cc21. The second kappa shape index (κ2) is 19.1. The number of rotatable bonds is 8. The molecule has 0 fully saturated rings. The number of aromatic nitrogens is 3. The van der Waals surface area contributed by atoms with Crippen LogP contribution in [0, 0.1) is 0 Å². The number of benzene rings is 12. The van der Waals surface area contributed by atoms with Crippen molar-refractivity contribution in [2.45, 2.75) is 19.3 Å². The maximum Gasteiger partial charge on any atom is 0.252 e. The Bertz CT molecular complexity index is 4920. The normalized spacial score (nSPS) is 13.3. The highest BCUT2D eigenvalue weighted by Crippen LogP contribution is 2.52. The summed E-state index contributed by atoms with van der Waals surface area (Å²) in [6.45, 7) is 4.83. The molecule has 85 heavy (non-hydrogen) atoms. The van der Waals surface area contributed by atoms with Gasteiger partial charge in [-0.25, -0.2) is 9.97 Å². The number of hydrogen-bond acceptors (Lipinski definition) is 4. The molecule has 12 aromatic carbocycles. The molecule has 5 nitrogen and oxygen atoms in total. The van der Waals surface area contributed by atoms with Crippen molar-refractivity contribution >= 4 is 79.0 Å². The van der Waals surface area contributed by atoms with Gasteiger partial charge in [0.05, 0.1) is 28.1 Å². The van der Waals surface area contributed by atoms with Crippen LogP contribution in [0.15, 0.2) is 291 Å². The minimum Gasteiger partial charge on any atom is -0.311 e. The van der Waals surface area contributed by atoms with Crippen molar-refractivity contribution in [1.82, 2.24) is 14.5 Å². The Morgan fingerprint density at radius 3 is 1.54 bits per heavy atom. The van der Waals surface area contributed by atoms with Gasteiger partial charge in [0.2, 0.25) is 0 Å². The molecule has 0 amide bonds. The van der Waals surface area contributed by atoms with Crippen LogP contribution in [0.25, 0.3) is 94.8 Å².